The number of nitrogens with two attached hydrogens (primary N) is 1. The minimum Gasteiger partial charge on any atom is -0.378 e. The van der Waals surface area contributed by atoms with Crippen molar-refractivity contribution >= 4 is 11.7 Å². The first-order valence-corrected chi connectivity index (χ1v) is 4.39. The van der Waals surface area contributed by atoms with Gasteiger partial charge in [-0.2, -0.15) is 0 Å². The minimum absolute atomic E-state index is 0.475. The molecule has 4 nitrogen and oxygen atoms in total. The number of primary amides is 1. The highest BCUT2D eigenvalue weighted by Crippen LogP contribution is 2.11. The Morgan fingerprint density at radius 3 is 2.36 bits per heavy atom. The third-order valence-corrected chi connectivity index (χ3v) is 1.92. The molecular formula is C10H15N3O. The fourth-order valence-electron chi connectivity index (χ4n) is 1.10. The normalized spacial score (nSPS) is 9.57. The Bertz CT molecular complexity index is 306. The molecule has 0 aliphatic carbocycles. The number of anilines is 1. The lowest BCUT2D eigenvalue weighted by Crippen LogP contribution is -2.28. The maximum absolute atomic E-state index is 10.5. The summed E-state index contributed by atoms with van der Waals surface area (Å²) >= 11 is 0. The van der Waals surface area contributed by atoms with Crippen molar-refractivity contribution in [3.05, 3.63) is 29.8 Å². The first kappa shape index (κ1) is 10.4. The Morgan fingerprint density at radius 2 is 1.93 bits per heavy atom. The molecular weight excluding hydrogens is 178 g/mol. The van der Waals surface area contributed by atoms with Crippen molar-refractivity contribution in [2.45, 2.75) is 6.54 Å². The molecule has 0 saturated carbocycles. The molecule has 0 heterocycles. The second-order valence-corrected chi connectivity index (χ2v) is 3.28. The predicted molar refractivity (Wildman–Crippen MR) is 57.2 cm³/mol. The molecule has 0 bridgehead atoms. The average Bonchev–Trinajstić information content (AvgIpc) is 2.15. The van der Waals surface area contributed by atoms with Crippen LogP contribution in [0.2, 0.25) is 0 Å². The molecule has 0 aliphatic heterocycles. The Hall–Kier alpha value is -1.71. The lowest BCUT2D eigenvalue weighted by molar-refractivity contribution is 0.248. The van der Waals surface area contributed by atoms with Gasteiger partial charge in [-0.1, -0.05) is 12.1 Å². The maximum atomic E-state index is 10.5. The van der Waals surface area contributed by atoms with Crippen molar-refractivity contribution in [2.24, 2.45) is 5.73 Å². The molecule has 76 valence electrons. The smallest absolute Gasteiger partial charge is 0.312 e. The molecule has 0 saturated heterocycles. The summed E-state index contributed by atoms with van der Waals surface area (Å²) in [6.07, 6.45) is 0. The number of carbonyl (C=O) groups is 1. The van der Waals surface area contributed by atoms with E-state index in [-0.39, 0.29) is 0 Å². The van der Waals surface area contributed by atoms with Crippen LogP contribution < -0.4 is 16.0 Å². The number of nitrogens with zero attached hydrogens (tertiary/aromatic N) is 1. The summed E-state index contributed by atoms with van der Waals surface area (Å²) in [6, 6.07) is 7.42. The Morgan fingerprint density at radius 1 is 1.36 bits per heavy atom. The van der Waals surface area contributed by atoms with Gasteiger partial charge in [-0.15, -0.1) is 0 Å². The van der Waals surface area contributed by atoms with Crippen LogP contribution in [0.25, 0.3) is 0 Å². The lowest BCUT2D eigenvalue weighted by atomic mass is 10.2. The second kappa shape index (κ2) is 4.50. The first-order chi connectivity index (χ1) is 6.59. The molecule has 0 unspecified atom stereocenters. The molecule has 3 N–H and O–H groups in total. The van der Waals surface area contributed by atoms with Crippen LogP contribution in [0.4, 0.5) is 10.5 Å². The van der Waals surface area contributed by atoms with Crippen molar-refractivity contribution < 1.29 is 4.79 Å². The molecule has 14 heavy (non-hydrogen) atoms. The van der Waals surface area contributed by atoms with E-state index in [9.17, 15) is 4.79 Å². The Kier molecular flexibility index (Phi) is 3.34. The number of urea groups is 1. The maximum Gasteiger partial charge on any atom is 0.312 e. The summed E-state index contributed by atoms with van der Waals surface area (Å²) in [7, 11) is 3.97. The highest BCUT2D eigenvalue weighted by atomic mass is 16.2. The van der Waals surface area contributed by atoms with Gasteiger partial charge < -0.3 is 16.0 Å². The average molecular weight is 193 g/mol. The molecule has 2 amide bonds. The zero-order valence-electron chi connectivity index (χ0n) is 8.45. The molecule has 0 aliphatic rings. The molecule has 0 radical (unpaired) electrons. The van der Waals surface area contributed by atoms with Crippen LogP contribution in [0.5, 0.6) is 0 Å². The molecule has 0 spiro atoms. The van der Waals surface area contributed by atoms with E-state index < -0.39 is 6.03 Å². The summed E-state index contributed by atoms with van der Waals surface area (Å²) in [4.78, 5) is 12.5. The fourth-order valence-corrected chi connectivity index (χ4v) is 1.10. The predicted octanol–water partition coefficient (Wildman–Crippen LogP) is 0.921. The van der Waals surface area contributed by atoms with Gasteiger partial charge in [0.1, 0.15) is 0 Å². The van der Waals surface area contributed by atoms with Crippen molar-refractivity contribution in [3.8, 4) is 0 Å². The number of hydrogen-bond donors (Lipinski definition) is 2. The fraction of sp³-hybridized carbons (Fsp3) is 0.300. The van der Waals surface area contributed by atoms with Crippen molar-refractivity contribution in [3.63, 3.8) is 0 Å². The van der Waals surface area contributed by atoms with Crippen LogP contribution in [-0.2, 0) is 6.54 Å². The van der Waals surface area contributed by atoms with Crippen LogP contribution in [0.15, 0.2) is 24.3 Å². The van der Waals surface area contributed by atoms with Gasteiger partial charge in [0.15, 0.2) is 0 Å². The van der Waals surface area contributed by atoms with E-state index in [1.807, 2.05) is 43.3 Å². The van der Waals surface area contributed by atoms with E-state index in [0.29, 0.717) is 6.54 Å². The number of amides is 2. The Labute approximate surface area is 83.7 Å². The van der Waals surface area contributed by atoms with Gasteiger partial charge in [0.25, 0.3) is 0 Å². The zero-order valence-corrected chi connectivity index (χ0v) is 8.45. The van der Waals surface area contributed by atoms with Crippen LogP contribution in [-0.4, -0.2) is 20.1 Å². The number of carbonyl (C=O) groups excluding carboxylic acids is 1. The van der Waals surface area contributed by atoms with Crippen LogP contribution >= 0.6 is 0 Å². The van der Waals surface area contributed by atoms with Gasteiger partial charge >= 0.3 is 6.03 Å². The molecule has 1 aromatic rings. The highest BCUT2D eigenvalue weighted by molar-refractivity contribution is 5.71. The molecule has 0 aromatic heterocycles. The molecule has 0 fully saturated rings. The lowest BCUT2D eigenvalue weighted by Gasteiger charge is -2.12. The van der Waals surface area contributed by atoms with Gasteiger partial charge in [-0.25, -0.2) is 4.79 Å². The van der Waals surface area contributed by atoms with Gasteiger partial charge in [0.2, 0.25) is 0 Å². The highest BCUT2D eigenvalue weighted by Gasteiger charge is 1.96. The monoisotopic (exact) mass is 193 g/mol. The van der Waals surface area contributed by atoms with Gasteiger partial charge in [0.05, 0.1) is 0 Å². The van der Waals surface area contributed by atoms with E-state index in [2.05, 4.69) is 5.32 Å². The number of benzene rings is 1. The Balaban J connectivity index is 2.59. The third-order valence-electron chi connectivity index (χ3n) is 1.92. The van der Waals surface area contributed by atoms with E-state index in [0.717, 1.165) is 11.3 Å². The third kappa shape index (κ3) is 2.97. The minimum atomic E-state index is -0.498. The topological polar surface area (TPSA) is 58.4 Å². The molecule has 4 heteroatoms. The van der Waals surface area contributed by atoms with Gasteiger partial charge in [-0.3, -0.25) is 0 Å². The summed E-state index contributed by atoms with van der Waals surface area (Å²) in [5.41, 5.74) is 7.13. The molecule has 1 rings (SSSR count). The van der Waals surface area contributed by atoms with E-state index in [1.165, 1.54) is 0 Å². The van der Waals surface area contributed by atoms with Gasteiger partial charge in [0, 0.05) is 26.3 Å². The molecule has 0 atom stereocenters. The number of hydrogen-bond acceptors (Lipinski definition) is 2. The van der Waals surface area contributed by atoms with E-state index >= 15 is 0 Å². The summed E-state index contributed by atoms with van der Waals surface area (Å²) < 4.78 is 0. The van der Waals surface area contributed by atoms with E-state index in [4.69, 9.17) is 5.73 Å². The van der Waals surface area contributed by atoms with Crippen molar-refractivity contribution in [1.29, 1.82) is 0 Å². The second-order valence-electron chi connectivity index (χ2n) is 3.28. The quantitative estimate of drug-likeness (QED) is 0.750. The van der Waals surface area contributed by atoms with Crippen molar-refractivity contribution in [1.82, 2.24) is 5.32 Å². The molecule has 1 aromatic carbocycles. The van der Waals surface area contributed by atoms with Gasteiger partial charge in [-0.05, 0) is 17.7 Å². The number of nitrogens with one attached hydrogen (secondary N) is 1. The summed E-state index contributed by atoms with van der Waals surface area (Å²) in [5, 5.41) is 2.54. The summed E-state index contributed by atoms with van der Waals surface area (Å²) in [6.45, 7) is 0.475. The number of rotatable bonds is 3. The zero-order chi connectivity index (χ0) is 10.6. The summed E-state index contributed by atoms with van der Waals surface area (Å²) in [5.74, 6) is 0. The van der Waals surface area contributed by atoms with Crippen molar-refractivity contribution in [2.75, 3.05) is 19.0 Å². The SMILES string of the molecule is CN(C)c1ccc(CNC(N)=O)cc1. The standard InChI is InChI=1S/C10H15N3O/c1-13(2)9-5-3-8(4-6-9)7-12-10(11)14/h3-6H,7H2,1-2H3,(H3,11,12,14). The van der Waals surface area contributed by atoms with Crippen LogP contribution in [0.3, 0.4) is 0 Å². The van der Waals surface area contributed by atoms with Crippen LogP contribution in [0.1, 0.15) is 5.56 Å². The largest absolute Gasteiger partial charge is 0.378 e. The van der Waals surface area contributed by atoms with Crippen LogP contribution in [0, 0.1) is 0 Å². The first-order valence-electron chi connectivity index (χ1n) is 4.39. The van der Waals surface area contributed by atoms with E-state index in [1.54, 1.807) is 0 Å².